The number of rotatable bonds is 3. The summed E-state index contributed by atoms with van der Waals surface area (Å²) in [4.78, 5) is 21.4. The van der Waals surface area contributed by atoms with E-state index in [0.717, 1.165) is 12.8 Å². The van der Waals surface area contributed by atoms with Crippen molar-refractivity contribution in [3.63, 3.8) is 0 Å². The number of carbonyl (C=O) groups excluding carboxylic acids is 1. The van der Waals surface area contributed by atoms with Crippen molar-refractivity contribution in [2.75, 3.05) is 16.9 Å². The van der Waals surface area contributed by atoms with Gasteiger partial charge in [0, 0.05) is 6.54 Å². The Labute approximate surface area is 109 Å². The summed E-state index contributed by atoms with van der Waals surface area (Å²) in [7, 11) is 0. The third kappa shape index (κ3) is 2.46. The molecule has 0 aromatic carbocycles. The van der Waals surface area contributed by atoms with Crippen LogP contribution in [0.3, 0.4) is 0 Å². The molecular weight excluding hydrogens is 256 g/mol. The number of aromatic nitrogens is 2. The highest BCUT2D eigenvalue weighted by Gasteiger charge is 2.29. The second-order valence-electron chi connectivity index (χ2n) is 4.12. The molecule has 1 fully saturated rings. The zero-order chi connectivity index (χ0) is 13.1. The second-order valence-corrected chi connectivity index (χ2v) is 4.52. The molecule has 7 nitrogen and oxygen atoms in total. The number of anilines is 2. The molecule has 0 saturated carbocycles. The minimum absolute atomic E-state index is 0.253. The van der Waals surface area contributed by atoms with Crippen LogP contribution < -0.4 is 21.9 Å². The number of primary amides is 1. The Morgan fingerprint density at radius 1 is 1.56 bits per heavy atom. The van der Waals surface area contributed by atoms with E-state index >= 15 is 0 Å². The van der Waals surface area contributed by atoms with Crippen molar-refractivity contribution in [1.29, 1.82) is 0 Å². The predicted molar refractivity (Wildman–Crippen MR) is 69.0 cm³/mol. The van der Waals surface area contributed by atoms with E-state index in [9.17, 15) is 4.79 Å². The molecular formula is C10H15ClN6O. The van der Waals surface area contributed by atoms with E-state index in [1.165, 1.54) is 6.20 Å². The van der Waals surface area contributed by atoms with E-state index in [2.05, 4.69) is 15.4 Å². The fourth-order valence-corrected chi connectivity index (χ4v) is 2.31. The molecule has 18 heavy (non-hydrogen) atoms. The summed E-state index contributed by atoms with van der Waals surface area (Å²) in [5, 5.41) is 0.377. The third-order valence-electron chi connectivity index (χ3n) is 2.96. The first-order valence-corrected chi connectivity index (χ1v) is 6.06. The SMILES string of the molecule is NNc1ncc(Cl)c(N2CCCCC2C(N)=O)n1. The van der Waals surface area contributed by atoms with Crippen molar-refractivity contribution < 1.29 is 4.79 Å². The van der Waals surface area contributed by atoms with Crippen molar-refractivity contribution in [1.82, 2.24) is 9.97 Å². The normalized spacial score (nSPS) is 19.7. The van der Waals surface area contributed by atoms with Crippen LogP contribution in [0.25, 0.3) is 0 Å². The number of carbonyl (C=O) groups is 1. The fourth-order valence-electron chi connectivity index (χ4n) is 2.11. The summed E-state index contributed by atoms with van der Waals surface area (Å²) >= 11 is 6.07. The monoisotopic (exact) mass is 270 g/mol. The lowest BCUT2D eigenvalue weighted by Crippen LogP contribution is -2.48. The summed E-state index contributed by atoms with van der Waals surface area (Å²) in [5.41, 5.74) is 7.76. The van der Waals surface area contributed by atoms with Crippen molar-refractivity contribution in [3.8, 4) is 0 Å². The maximum atomic E-state index is 11.5. The van der Waals surface area contributed by atoms with Crippen LogP contribution in [0.4, 0.5) is 11.8 Å². The van der Waals surface area contributed by atoms with E-state index in [0.29, 0.717) is 23.8 Å². The first kappa shape index (κ1) is 12.8. The van der Waals surface area contributed by atoms with Crippen LogP contribution in [0.2, 0.25) is 5.02 Å². The number of hydrogen-bond acceptors (Lipinski definition) is 6. The van der Waals surface area contributed by atoms with Gasteiger partial charge in [0.2, 0.25) is 11.9 Å². The van der Waals surface area contributed by atoms with Gasteiger partial charge in [0.15, 0.2) is 5.82 Å². The topological polar surface area (TPSA) is 110 Å². The molecule has 1 aliphatic rings. The molecule has 0 aliphatic carbocycles. The summed E-state index contributed by atoms with van der Waals surface area (Å²) in [6, 6.07) is -0.378. The van der Waals surface area contributed by atoms with Gasteiger partial charge in [0.25, 0.3) is 0 Å². The summed E-state index contributed by atoms with van der Waals surface area (Å²) in [6.45, 7) is 0.689. The van der Waals surface area contributed by atoms with Crippen LogP contribution in [0.15, 0.2) is 6.20 Å². The maximum absolute atomic E-state index is 11.5. The molecule has 2 heterocycles. The minimum atomic E-state index is -0.378. The number of nitrogen functional groups attached to an aromatic ring is 1. The number of halogens is 1. The largest absolute Gasteiger partial charge is 0.368 e. The number of nitrogens with one attached hydrogen (secondary N) is 1. The zero-order valence-corrected chi connectivity index (χ0v) is 10.5. The molecule has 0 radical (unpaired) electrons. The summed E-state index contributed by atoms with van der Waals surface area (Å²) < 4.78 is 0. The molecule has 2 rings (SSSR count). The van der Waals surface area contributed by atoms with Crippen LogP contribution in [0, 0.1) is 0 Å². The number of piperidine rings is 1. The van der Waals surface area contributed by atoms with Crippen molar-refractivity contribution in [2.24, 2.45) is 11.6 Å². The molecule has 98 valence electrons. The molecule has 0 bridgehead atoms. The van der Waals surface area contributed by atoms with Gasteiger partial charge in [0.05, 0.1) is 6.20 Å². The van der Waals surface area contributed by atoms with E-state index in [1.54, 1.807) is 0 Å². The van der Waals surface area contributed by atoms with Gasteiger partial charge in [-0.1, -0.05) is 11.6 Å². The van der Waals surface area contributed by atoms with E-state index < -0.39 is 0 Å². The summed E-state index contributed by atoms with van der Waals surface area (Å²) in [5.74, 6) is 5.64. The predicted octanol–water partition coefficient (Wildman–Crippen LogP) is 0.260. The number of nitrogens with zero attached hydrogens (tertiary/aromatic N) is 3. The number of hydrazine groups is 1. The standard InChI is InChI=1S/C10H15ClN6O/c11-6-5-14-10(16-13)15-9(6)17-4-2-1-3-7(17)8(12)18/h5,7H,1-4,13H2,(H2,12,18)(H,14,15,16). The Hall–Kier alpha value is -1.60. The van der Waals surface area contributed by atoms with E-state index in [4.69, 9.17) is 23.2 Å². The second kappa shape index (κ2) is 5.36. The highest BCUT2D eigenvalue weighted by molar-refractivity contribution is 6.32. The Balaban J connectivity index is 2.35. The van der Waals surface area contributed by atoms with Gasteiger partial charge in [-0.25, -0.2) is 10.8 Å². The van der Waals surface area contributed by atoms with Crippen LogP contribution in [0.5, 0.6) is 0 Å². The van der Waals surface area contributed by atoms with Crippen LogP contribution >= 0.6 is 11.6 Å². The fraction of sp³-hybridized carbons (Fsp3) is 0.500. The quantitative estimate of drug-likeness (QED) is 0.537. The number of hydrogen-bond donors (Lipinski definition) is 3. The molecule has 5 N–H and O–H groups in total. The molecule has 1 aromatic rings. The van der Waals surface area contributed by atoms with E-state index in [-0.39, 0.29) is 17.9 Å². The van der Waals surface area contributed by atoms with Crippen molar-refractivity contribution in [2.45, 2.75) is 25.3 Å². The van der Waals surface area contributed by atoms with Gasteiger partial charge in [-0.15, -0.1) is 0 Å². The first-order valence-electron chi connectivity index (χ1n) is 5.68. The van der Waals surface area contributed by atoms with E-state index in [1.807, 2.05) is 4.90 Å². The molecule has 1 aromatic heterocycles. The maximum Gasteiger partial charge on any atom is 0.240 e. The van der Waals surface area contributed by atoms with Gasteiger partial charge < -0.3 is 10.6 Å². The molecule has 1 aliphatic heterocycles. The Morgan fingerprint density at radius 2 is 2.33 bits per heavy atom. The first-order chi connectivity index (χ1) is 8.63. The van der Waals surface area contributed by atoms with Crippen molar-refractivity contribution >= 4 is 29.3 Å². The van der Waals surface area contributed by atoms with Crippen LogP contribution in [-0.4, -0.2) is 28.5 Å². The smallest absolute Gasteiger partial charge is 0.240 e. The highest BCUT2D eigenvalue weighted by atomic mass is 35.5. The van der Waals surface area contributed by atoms with Crippen LogP contribution in [-0.2, 0) is 4.79 Å². The van der Waals surface area contributed by atoms with Crippen LogP contribution in [0.1, 0.15) is 19.3 Å². The molecule has 1 unspecified atom stereocenters. The molecule has 1 atom stereocenters. The zero-order valence-electron chi connectivity index (χ0n) is 9.77. The van der Waals surface area contributed by atoms with Gasteiger partial charge in [-0.3, -0.25) is 10.2 Å². The molecule has 1 saturated heterocycles. The minimum Gasteiger partial charge on any atom is -0.368 e. The Kier molecular flexibility index (Phi) is 3.83. The average Bonchev–Trinajstić information content (AvgIpc) is 2.39. The lowest BCUT2D eigenvalue weighted by Gasteiger charge is -2.34. The third-order valence-corrected chi connectivity index (χ3v) is 3.22. The number of nitrogens with two attached hydrogens (primary N) is 2. The Bertz CT molecular complexity index is 454. The van der Waals surface area contributed by atoms with Gasteiger partial charge in [0.1, 0.15) is 11.1 Å². The summed E-state index contributed by atoms with van der Waals surface area (Å²) in [6.07, 6.45) is 4.09. The Morgan fingerprint density at radius 3 is 3.00 bits per heavy atom. The number of amides is 1. The molecule has 1 amide bonds. The molecule has 0 spiro atoms. The van der Waals surface area contributed by atoms with Crippen molar-refractivity contribution in [3.05, 3.63) is 11.2 Å². The lowest BCUT2D eigenvalue weighted by molar-refractivity contribution is -0.119. The van der Waals surface area contributed by atoms with Gasteiger partial charge in [-0.2, -0.15) is 4.98 Å². The highest BCUT2D eigenvalue weighted by Crippen LogP contribution is 2.29. The lowest BCUT2D eigenvalue weighted by atomic mass is 10.0. The van der Waals surface area contributed by atoms with Gasteiger partial charge >= 0.3 is 0 Å². The van der Waals surface area contributed by atoms with Gasteiger partial charge in [-0.05, 0) is 19.3 Å². The average molecular weight is 271 g/mol. The molecule has 8 heteroatoms.